The first-order chi connectivity index (χ1) is 6.97. The van der Waals surface area contributed by atoms with E-state index in [2.05, 4.69) is 49.8 Å². The van der Waals surface area contributed by atoms with Crippen LogP contribution in [0.2, 0.25) is 0 Å². The maximum absolute atomic E-state index is 3.53. The second-order valence-electron chi connectivity index (χ2n) is 5.57. The van der Waals surface area contributed by atoms with Gasteiger partial charge in [0, 0.05) is 30.4 Å². The maximum atomic E-state index is 3.53. The molecule has 1 unspecified atom stereocenters. The van der Waals surface area contributed by atoms with Gasteiger partial charge in [-0.05, 0) is 46.4 Å². The normalized spacial score (nSPS) is 22.6. The lowest BCUT2D eigenvalue weighted by Crippen LogP contribution is -2.41. The number of nitrogens with zero attached hydrogens (tertiary/aromatic N) is 1. The molecule has 1 N–H and O–H groups in total. The minimum Gasteiger partial charge on any atom is -0.311 e. The summed E-state index contributed by atoms with van der Waals surface area (Å²) in [5.74, 6) is 1.37. The number of hydrogen-bond acceptors (Lipinski definition) is 3. The lowest BCUT2D eigenvalue weighted by Gasteiger charge is -2.24. The molecule has 0 aromatic carbocycles. The Balaban J connectivity index is 2.05. The zero-order chi connectivity index (χ0) is 11.3. The van der Waals surface area contributed by atoms with Crippen molar-refractivity contribution in [2.75, 3.05) is 32.4 Å². The van der Waals surface area contributed by atoms with Crippen LogP contribution in [-0.4, -0.2) is 48.1 Å². The van der Waals surface area contributed by atoms with Crippen LogP contribution in [0.5, 0.6) is 0 Å². The van der Waals surface area contributed by atoms with Gasteiger partial charge in [0.25, 0.3) is 0 Å². The van der Waals surface area contributed by atoms with Crippen LogP contribution in [0.4, 0.5) is 0 Å². The van der Waals surface area contributed by atoms with Crippen LogP contribution in [0.25, 0.3) is 0 Å². The van der Waals surface area contributed by atoms with Gasteiger partial charge in [0.15, 0.2) is 0 Å². The van der Waals surface area contributed by atoms with Crippen LogP contribution >= 0.6 is 11.8 Å². The maximum Gasteiger partial charge on any atom is 0.0175 e. The van der Waals surface area contributed by atoms with Crippen molar-refractivity contribution in [3.8, 4) is 0 Å². The summed E-state index contributed by atoms with van der Waals surface area (Å²) in [4.78, 5) is 2.46. The largest absolute Gasteiger partial charge is 0.311 e. The monoisotopic (exact) mass is 230 g/mol. The molecule has 0 aliphatic carbocycles. The van der Waals surface area contributed by atoms with Crippen molar-refractivity contribution in [3.05, 3.63) is 0 Å². The third-order valence-corrected chi connectivity index (χ3v) is 4.07. The highest BCUT2D eigenvalue weighted by Gasteiger charge is 2.17. The van der Waals surface area contributed by atoms with Gasteiger partial charge in [-0.25, -0.2) is 0 Å². The van der Waals surface area contributed by atoms with Gasteiger partial charge in [0.2, 0.25) is 0 Å². The Labute approximate surface area is 99.2 Å². The Morgan fingerprint density at radius 1 is 1.40 bits per heavy atom. The van der Waals surface area contributed by atoms with Crippen LogP contribution in [0.1, 0.15) is 33.6 Å². The van der Waals surface area contributed by atoms with E-state index in [-0.39, 0.29) is 5.54 Å². The number of hydrogen-bond donors (Lipinski definition) is 1. The highest BCUT2D eigenvalue weighted by Crippen LogP contribution is 2.26. The molecule has 3 heteroatoms. The van der Waals surface area contributed by atoms with E-state index >= 15 is 0 Å². The van der Waals surface area contributed by atoms with E-state index in [0.717, 1.165) is 18.3 Å². The van der Waals surface area contributed by atoms with Gasteiger partial charge < -0.3 is 10.2 Å². The standard InChI is InChI=1S/C12H26N2S/c1-12(2,3)13-7-8-14(4)10-11-6-5-9-15-11/h11,13H,5-10H2,1-4H3. The van der Waals surface area contributed by atoms with Gasteiger partial charge >= 0.3 is 0 Å². The number of likely N-dealkylation sites (N-methyl/N-ethyl adjacent to an activating group) is 1. The molecule has 0 radical (unpaired) electrons. The zero-order valence-electron chi connectivity index (χ0n) is 10.7. The molecule has 0 saturated carbocycles. The summed E-state index contributed by atoms with van der Waals surface area (Å²) in [7, 11) is 2.24. The molecule has 2 nitrogen and oxygen atoms in total. The molecule has 1 saturated heterocycles. The van der Waals surface area contributed by atoms with Gasteiger partial charge in [-0.3, -0.25) is 0 Å². The molecule has 15 heavy (non-hydrogen) atoms. The number of thioether (sulfide) groups is 1. The highest BCUT2D eigenvalue weighted by molar-refractivity contribution is 8.00. The predicted octanol–water partition coefficient (Wildman–Crippen LogP) is 2.20. The van der Waals surface area contributed by atoms with Crippen molar-refractivity contribution in [3.63, 3.8) is 0 Å². The van der Waals surface area contributed by atoms with Crippen molar-refractivity contribution in [2.45, 2.75) is 44.4 Å². The average molecular weight is 230 g/mol. The minimum absolute atomic E-state index is 0.253. The van der Waals surface area contributed by atoms with E-state index in [1.54, 1.807) is 0 Å². The molecule has 1 aliphatic rings. The summed E-state index contributed by atoms with van der Waals surface area (Å²) in [6.45, 7) is 10.2. The van der Waals surface area contributed by atoms with Crippen LogP contribution in [0.15, 0.2) is 0 Å². The van der Waals surface area contributed by atoms with E-state index in [1.807, 2.05) is 0 Å². The summed E-state index contributed by atoms with van der Waals surface area (Å²) in [5.41, 5.74) is 0.253. The molecule has 0 bridgehead atoms. The first-order valence-corrected chi connectivity index (χ1v) is 7.07. The van der Waals surface area contributed by atoms with Crippen LogP contribution in [-0.2, 0) is 0 Å². The lowest BCUT2D eigenvalue weighted by molar-refractivity contribution is 0.308. The molecule has 0 aromatic heterocycles. The van der Waals surface area contributed by atoms with Crippen molar-refractivity contribution in [1.29, 1.82) is 0 Å². The van der Waals surface area contributed by atoms with Crippen molar-refractivity contribution >= 4 is 11.8 Å². The van der Waals surface area contributed by atoms with Gasteiger partial charge in [-0.1, -0.05) is 0 Å². The Bertz CT molecular complexity index is 171. The van der Waals surface area contributed by atoms with Gasteiger partial charge in [0.1, 0.15) is 0 Å². The molecule has 0 spiro atoms. The third-order valence-electron chi connectivity index (χ3n) is 2.69. The molecule has 1 atom stereocenters. The molecule has 1 fully saturated rings. The summed E-state index contributed by atoms with van der Waals surface area (Å²) >= 11 is 2.15. The second-order valence-corrected chi connectivity index (χ2v) is 6.98. The Hall–Kier alpha value is 0.270. The van der Waals surface area contributed by atoms with Crippen molar-refractivity contribution in [2.24, 2.45) is 0 Å². The van der Waals surface area contributed by atoms with Crippen molar-refractivity contribution in [1.82, 2.24) is 10.2 Å². The van der Waals surface area contributed by atoms with Crippen LogP contribution in [0.3, 0.4) is 0 Å². The average Bonchev–Trinajstić information content (AvgIpc) is 2.54. The van der Waals surface area contributed by atoms with Gasteiger partial charge in [-0.2, -0.15) is 11.8 Å². The molecule has 1 rings (SSSR count). The van der Waals surface area contributed by atoms with Gasteiger partial charge in [0.05, 0.1) is 0 Å². The SMILES string of the molecule is CN(CCNC(C)(C)C)CC1CCCS1. The van der Waals surface area contributed by atoms with E-state index in [1.165, 1.54) is 25.1 Å². The smallest absolute Gasteiger partial charge is 0.0175 e. The molecule has 0 aromatic rings. The van der Waals surface area contributed by atoms with Crippen LogP contribution in [0, 0.1) is 0 Å². The van der Waals surface area contributed by atoms with Gasteiger partial charge in [-0.15, -0.1) is 0 Å². The quantitative estimate of drug-likeness (QED) is 0.779. The van der Waals surface area contributed by atoms with E-state index in [0.29, 0.717) is 0 Å². The molecule has 1 heterocycles. The van der Waals surface area contributed by atoms with Crippen LogP contribution < -0.4 is 5.32 Å². The number of nitrogens with one attached hydrogen (secondary N) is 1. The lowest BCUT2D eigenvalue weighted by atomic mass is 10.1. The summed E-state index contributed by atoms with van der Waals surface area (Å²) in [5, 5.41) is 4.42. The molecule has 1 aliphatic heterocycles. The summed E-state index contributed by atoms with van der Waals surface area (Å²) < 4.78 is 0. The minimum atomic E-state index is 0.253. The molecular weight excluding hydrogens is 204 g/mol. The fourth-order valence-electron chi connectivity index (χ4n) is 1.85. The van der Waals surface area contributed by atoms with E-state index < -0.39 is 0 Å². The first kappa shape index (κ1) is 13.3. The summed E-state index contributed by atoms with van der Waals surface area (Å²) in [6, 6.07) is 0. The second kappa shape index (κ2) is 6.12. The fraction of sp³-hybridized carbons (Fsp3) is 1.00. The van der Waals surface area contributed by atoms with E-state index in [9.17, 15) is 0 Å². The van der Waals surface area contributed by atoms with E-state index in [4.69, 9.17) is 0 Å². The number of rotatable bonds is 5. The zero-order valence-corrected chi connectivity index (χ0v) is 11.5. The Kier molecular flexibility index (Phi) is 5.44. The Morgan fingerprint density at radius 3 is 2.67 bits per heavy atom. The Morgan fingerprint density at radius 2 is 2.13 bits per heavy atom. The first-order valence-electron chi connectivity index (χ1n) is 6.02. The molecule has 90 valence electrons. The summed E-state index contributed by atoms with van der Waals surface area (Å²) in [6.07, 6.45) is 2.84. The highest BCUT2D eigenvalue weighted by atomic mass is 32.2. The molecular formula is C12H26N2S. The van der Waals surface area contributed by atoms with Crippen molar-refractivity contribution < 1.29 is 0 Å². The fourth-order valence-corrected chi connectivity index (χ4v) is 3.21. The molecule has 0 amide bonds. The third kappa shape index (κ3) is 6.44. The topological polar surface area (TPSA) is 15.3 Å². The predicted molar refractivity (Wildman–Crippen MR) is 70.7 cm³/mol.